The molecule has 0 aliphatic carbocycles. The lowest BCUT2D eigenvalue weighted by Crippen LogP contribution is -2.60. The van der Waals surface area contributed by atoms with Gasteiger partial charge in [-0.15, -0.1) is 0 Å². The van der Waals surface area contributed by atoms with Gasteiger partial charge in [0.2, 0.25) is 36.1 Å². The van der Waals surface area contributed by atoms with Crippen LogP contribution in [0.4, 0.5) is 0 Å². The Morgan fingerprint density at radius 3 is 2.08 bits per heavy atom. The third-order valence-electron chi connectivity index (χ3n) is 5.93. The Hall–Kier alpha value is -3.62. The van der Waals surface area contributed by atoms with E-state index >= 15 is 0 Å². The molecule has 4 N–H and O–H groups in total. The number of aliphatic hydroxyl groups excluding tert-OH is 4. The average Bonchev–Trinajstić information content (AvgIpc) is 3.40. The molecule has 0 unspecified atom stereocenters. The molecular formula is C24H26O13. The fourth-order valence-corrected chi connectivity index (χ4v) is 3.96. The molecule has 0 radical (unpaired) electrons. The van der Waals surface area contributed by atoms with Crippen LogP contribution >= 0.6 is 0 Å². The number of Topliss-reactive ketones (excluding diaryl/α,β-unsaturated/α-hetero) is 2. The molecule has 2 heterocycles. The molecule has 0 aromatic heterocycles. The second kappa shape index (κ2) is 10.8. The Morgan fingerprint density at radius 2 is 1.46 bits per heavy atom. The van der Waals surface area contributed by atoms with Crippen molar-refractivity contribution < 1.29 is 63.2 Å². The Balaban J connectivity index is 1.68. The van der Waals surface area contributed by atoms with E-state index in [4.69, 9.17) is 33.2 Å². The number of carbonyl (C=O) groups is 2. The Kier molecular flexibility index (Phi) is 7.71. The third-order valence-corrected chi connectivity index (χ3v) is 5.93. The van der Waals surface area contributed by atoms with E-state index in [1.807, 2.05) is 0 Å². The van der Waals surface area contributed by atoms with Crippen molar-refractivity contribution in [2.45, 2.75) is 30.7 Å². The second-order valence-corrected chi connectivity index (χ2v) is 8.10. The smallest absolute Gasteiger partial charge is 0.233 e. The number of ketones is 2. The van der Waals surface area contributed by atoms with Crippen LogP contribution in [0.3, 0.4) is 0 Å². The molecule has 5 atom stereocenters. The summed E-state index contributed by atoms with van der Waals surface area (Å²) in [4.78, 5) is 26.3. The van der Waals surface area contributed by atoms with Crippen LogP contribution in [0.1, 0.15) is 20.7 Å². The van der Waals surface area contributed by atoms with E-state index in [1.165, 1.54) is 45.6 Å². The summed E-state index contributed by atoms with van der Waals surface area (Å²) in [6, 6.07) is 5.15. The van der Waals surface area contributed by atoms with Crippen molar-refractivity contribution in [3.8, 4) is 34.5 Å². The van der Waals surface area contributed by atoms with Gasteiger partial charge in [0, 0.05) is 11.1 Å². The number of benzene rings is 2. The van der Waals surface area contributed by atoms with E-state index < -0.39 is 48.9 Å². The summed E-state index contributed by atoms with van der Waals surface area (Å²) in [5, 5.41) is 39.8. The fourth-order valence-electron chi connectivity index (χ4n) is 3.96. The number of aliphatic hydroxyl groups is 4. The van der Waals surface area contributed by atoms with Gasteiger partial charge in [0.1, 0.15) is 24.4 Å². The van der Waals surface area contributed by atoms with Gasteiger partial charge in [-0.1, -0.05) is 0 Å². The fraction of sp³-hybridized carbons (Fsp3) is 0.417. The highest BCUT2D eigenvalue weighted by molar-refractivity contribution is 6.49. The molecule has 4 rings (SSSR count). The summed E-state index contributed by atoms with van der Waals surface area (Å²) < 4.78 is 37.5. The first-order valence-electron chi connectivity index (χ1n) is 11.0. The number of ether oxygens (including phenoxy) is 7. The first-order valence-corrected chi connectivity index (χ1v) is 11.0. The zero-order valence-corrected chi connectivity index (χ0v) is 20.1. The monoisotopic (exact) mass is 522 g/mol. The van der Waals surface area contributed by atoms with Gasteiger partial charge in [0.25, 0.3) is 0 Å². The lowest BCUT2D eigenvalue weighted by Gasteiger charge is -2.39. The van der Waals surface area contributed by atoms with Gasteiger partial charge in [0.05, 0.1) is 27.9 Å². The summed E-state index contributed by atoms with van der Waals surface area (Å²) in [5.74, 6) is -1.24. The highest BCUT2D eigenvalue weighted by atomic mass is 16.7. The van der Waals surface area contributed by atoms with Crippen molar-refractivity contribution in [1.29, 1.82) is 0 Å². The molecule has 13 nitrogen and oxygen atoms in total. The van der Waals surface area contributed by atoms with Crippen molar-refractivity contribution in [1.82, 2.24) is 0 Å². The van der Waals surface area contributed by atoms with E-state index in [1.54, 1.807) is 0 Å². The molecule has 13 heteroatoms. The molecule has 2 aliphatic heterocycles. The molecule has 1 saturated heterocycles. The number of fused-ring (bicyclic) bond motifs is 1. The molecule has 2 aromatic rings. The minimum Gasteiger partial charge on any atom is -0.493 e. The van der Waals surface area contributed by atoms with Crippen LogP contribution in [0.25, 0.3) is 0 Å². The van der Waals surface area contributed by atoms with Crippen molar-refractivity contribution in [3.63, 3.8) is 0 Å². The Morgan fingerprint density at radius 1 is 0.838 bits per heavy atom. The van der Waals surface area contributed by atoms with E-state index in [9.17, 15) is 30.0 Å². The molecule has 200 valence electrons. The number of methoxy groups -OCH3 is 3. The van der Waals surface area contributed by atoms with Crippen LogP contribution in [-0.4, -0.2) is 97.4 Å². The zero-order valence-electron chi connectivity index (χ0n) is 20.1. The van der Waals surface area contributed by atoms with E-state index in [0.29, 0.717) is 5.75 Å². The SMILES string of the molecule is COc1cc(C(=O)C(=O)c2cc(OC)c3c(c2)OCO3)cc(O[C@@H]2O[C@H](CO)[C@@H](O)[C@H](O)[C@H]2O)c1OC. The van der Waals surface area contributed by atoms with Crippen molar-refractivity contribution >= 4 is 11.6 Å². The van der Waals surface area contributed by atoms with Gasteiger partial charge in [-0.3, -0.25) is 9.59 Å². The minimum atomic E-state index is -1.73. The lowest BCUT2D eigenvalue weighted by molar-refractivity contribution is -0.277. The first-order chi connectivity index (χ1) is 17.7. The summed E-state index contributed by atoms with van der Waals surface area (Å²) in [7, 11) is 3.97. The van der Waals surface area contributed by atoms with Crippen LogP contribution in [0.5, 0.6) is 34.5 Å². The molecule has 1 fully saturated rings. The predicted octanol–water partition coefficient (Wildman–Crippen LogP) is -0.315. The van der Waals surface area contributed by atoms with Gasteiger partial charge in [0.15, 0.2) is 23.0 Å². The van der Waals surface area contributed by atoms with Crippen LogP contribution < -0.4 is 28.4 Å². The summed E-state index contributed by atoms with van der Waals surface area (Å²) in [5.41, 5.74) is -0.170. The number of hydrogen-bond donors (Lipinski definition) is 4. The maximum atomic E-state index is 13.2. The van der Waals surface area contributed by atoms with Crippen LogP contribution in [0, 0.1) is 0 Å². The van der Waals surface area contributed by atoms with E-state index in [0.717, 1.165) is 0 Å². The molecule has 0 amide bonds. The van der Waals surface area contributed by atoms with Gasteiger partial charge in [-0.05, 0) is 24.3 Å². The normalized spacial score (nSPS) is 24.4. The standard InChI is InChI=1S/C24H26O13/c1-31-12-4-11(18(27)17(26)10-5-13(32-2)23-14(6-10)34-9-35-23)7-15(22(12)33-3)36-24-21(30)20(29)19(28)16(8-25)37-24/h4-7,16,19-21,24-25,28-30H,8-9H2,1-3H3/t16-,19-,20+,21-,24-/m1/s1. The molecule has 0 spiro atoms. The molecule has 2 aromatic carbocycles. The highest BCUT2D eigenvalue weighted by Crippen LogP contribution is 2.43. The van der Waals surface area contributed by atoms with E-state index in [2.05, 4.69) is 0 Å². The summed E-state index contributed by atoms with van der Waals surface area (Å²) in [6.07, 6.45) is -7.83. The van der Waals surface area contributed by atoms with Gasteiger partial charge in [-0.2, -0.15) is 0 Å². The highest BCUT2D eigenvalue weighted by Gasteiger charge is 2.45. The largest absolute Gasteiger partial charge is 0.493 e. The molecule has 2 aliphatic rings. The molecular weight excluding hydrogens is 496 g/mol. The summed E-state index contributed by atoms with van der Waals surface area (Å²) >= 11 is 0. The maximum Gasteiger partial charge on any atom is 0.233 e. The number of hydrogen-bond acceptors (Lipinski definition) is 13. The maximum absolute atomic E-state index is 13.2. The lowest BCUT2D eigenvalue weighted by atomic mass is 9.99. The third kappa shape index (κ3) is 4.86. The molecule has 0 bridgehead atoms. The topological polar surface area (TPSA) is 180 Å². The Bertz CT molecular complexity index is 1180. The average molecular weight is 522 g/mol. The molecule has 37 heavy (non-hydrogen) atoms. The van der Waals surface area contributed by atoms with Gasteiger partial charge >= 0.3 is 0 Å². The van der Waals surface area contributed by atoms with Crippen LogP contribution in [-0.2, 0) is 4.74 Å². The second-order valence-electron chi connectivity index (χ2n) is 8.10. The molecule has 0 saturated carbocycles. The van der Waals surface area contributed by atoms with Crippen molar-refractivity contribution in [2.75, 3.05) is 34.7 Å². The minimum absolute atomic E-state index is 0.00629. The first kappa shape index (κ1) is 26.4. The van der Waals surface area contributed by atoms with Gasteiger partial charge < -0.3 is 53.6 Å². The Labute approximate surface area is 210 Å². The van der Waals surface area contributed by atoms with E-state index in [-0.39, 0.29) is 46.7 Å². The zero-order chi connectivity index (χ0) is 26.9. The number of carbonyl (C=O) groups excluding carboxylic acids is 2. The van der Waals surface area contributed by atoms with Crippen molar-refractivity contribution in [2.24, 2.45) is 0 Å². The van der Waals surface area contributed by atoms with Crippen LogP contribution in [0.15, 0.2) is 24.3 Å². The summed E-state index contributed by atoms with van der Waals surface area (Å²) in [6.45, 7) is -0.733. The van der Waals surface area contributed by atoms with Crippen molar-refractivity contribution in [3.05, 3.63) is 35.4 Å². The van der Waals surface area contributed by atoms with Gasteiger partial charge in [-0.25, -0.2) is 0 Å². The van der Waals surface area contributed by atoms with Crippen LogP contribution in [0.2, 0.25) is 0 Å². The predicted molar refractivity (Wildman–Crippen MR) is 122 cm³/mol. The quantitative estimate of drug-likeness (QED) is 0.249. The number of rotatable bonds is 9.